The van der Waals surface area contributed by atoms with Crippen molar-refractivity contribution in [1.82, 2.24) is 4.98 Å². The van der Waals surface area contributed by atoms with Gasteiger partial charge < -0.3 is 9.41 Å². The van der Waals surface area contributed by atoms with Crippen LogP contribution in [0.15, 0.2) is 0 Å². The second kappa shape index (κ2) is 14.1. The topological polar surface area (TPSA) is 21.3 Å². The molecule has 90 valence electrons. The van der Waals surface area contributed by atoms with Crippen molar-refractivity contribution in [3.8, 4) is 0 Å². The van der Waals surface area contributed by atoms with Crippen LogP contribution < -0.4 is 4.98 Å². The van der Waals surface area contributed by atoms with Crippen LogP contribution in [0.3, 0.4) is 0 Å². The van der Waals surface area contributed by atoms with E-state index in [1.807, 2.05) is 0 Å². The molecule has 0 aliphatic carbocycles. The Bertz CT molecular complexity index is 99.8. The van der Waals surface area contributed by atoms with Crippen molar-refractivity contribution >= 4 is 9.92 Å². The van der Waals surface area contributed by atoms with Crippen LogP contribution in [0.2, 0.25) is 0 Å². The van der Waals surface area contributed by atoms with Gasteiger partial charge in [0.15, 0.2) is 0 Å². The van der Waals surface area contributed by atoms with E-state index in [4.69, 9.17) is 4.43 Å². The van der Waals surface area contributed by atoms with E-state index in [1.54, 1.807) is 0 Å². The van der Waals surface area contributed by atoms with Gasteiger partial charge in [-0.1, -0.05) is 52.4 Å². The molecule has 0 fully saturated rings. The molecule has 15 heavy (non-hydrogen) atoms. The van der Waals surface area contributed by atoms with E-state index >= 15 is 0 Å². The number of unbranched alkanes of at least 4 members (excludes halogenated alkanes) is 6. The fourth-order valence-electron chi connectivity index (χ4n) is 1.36. The van der Waals surface area contributed by atoms with Gasteiger partial charge in [0.1, 0.15) is 0 Å². The van der Waals surface area contributed by atoms with Crippen LogP contribution >= 0.6 is 0 Å². The molecular formula is C12H27NOSi. The predicted molar refractivity (Wildman–Crippen MR) is 68.0 cm³/mol. The van der Waals surface area contributed by atoms with Crippen molar-refractivity contribution < 1.29 is 4.43 Å². The lowest BCUT2D eigenvalue weighted by Crippen LogP contribution is -2.23. The lowest BCUT2D eigenvalue weighted by atomic mass is 10.1. The predicted octanol–water partition coefficient (Wildman–Crippen LogP) is 3.29. The van der Waals surface area contributed by atoms with E-state index in [0.29, 0.717) is 9.92 Å². The second-order valence-corrected chi connectivity index (χ2v) is 4.84. The summed E-state index contributed by atoms with van der Waals surface area (Å²) >= 11 is 0. The van der Waals surface area contributed by atoms with Gasteiger partial charge in [0.2, 0.25) is 0 Å². The first-order valence-corrected chi connectivity index (χ1v) is 7.42. The summed E-state index contributed by atoms with van der Waals surface area (Å²) in [6, 6.07) is 0. The first kappa shape index (κ1) is 15.1. The summed E-state index contributed by atoms with van der Waals surface area (Å²) in [6.07, 6.45) is 10.6. The van der Waals surface area contributed by atoms with E-state index in [-0.39, 0.29) is 0 Å². The van der Waals surface area contributed by atoms with Crippen LogP contribution in [-0.2, 0) is 4.43 Å². The molecule has 0 saturated heterocycles. The quantitative estimate of drug-likeness (QED) is 0.409. The van der Waals surface area contributed by atoms with Crippen LogP contribution in [0.5, 0.6) is 0 Å². The summed E-state index contributed by atoms with van der Waals surface area (Å²) in [5.41, 5.74) is 0. The number of nitrogens with one attached hydrogen (secondary N) is 1. The molecule has 0 aromatic rings. The highest BCUT2D eigenvalue weighted by molar-refractivity contribution is 6.23. The van der Waals surface area contributed by atoms with E-state index in [1.165, 1.54) is 51.4 Å². The Balaban J connectivity index is 2.81. The maximum Gasteiger partial charge on any atom is 0.337 e. The number of hydrogen-bond acceptors (Lipinski definition) is 2. The van der Waals surface area contributed by atoms with E-state index in [2.05, 4.69) is 18.8 Å². The summed E-state index contributed by atoms with van der Waals surface area (Å²) in [5, 5.41) is 0. The molecule has 0 aliphatic rings. The van der Waals surface area contributed by atoms with E-state index in [9.17, 15) is 0 Å². The average Bonchev–Trinajstić information content (AvgIpc) is 2.26. The van der Waals surface area contributed by atoms with Crippen LogP contribution in [0.1, 0.15) is 65.2 Å². The summed E-state index contributed by atoms with van der Waals surface area (Å²) in [6.45, 7) is 6.49. The van der Waals surface area contributed by atoms with Crippen molar-refractivity contribution in [2.24, 2.45) is 0 Å². The molecule has 0 aromatic carbocycles. The van der Waals surface area contributed by atoms with Crippen LogP contribution in [0, 0.1) is 0 Å². The smallest absolute Gasteiger partial charge is 0.337 e. The molecule has 1 N–H and O–H groups in total. The number of rotatable bonds is 12. The Kier molecular flexibility index (Phi) is 14.3. The summed E-state index contributed by atoms with van der Waals surface area (Å²) in [7, 11) is 0.504. The van der Waals surface area contributed by atoms with Crippen molar-refractivity contribution in [3.63, 3.8) is 0 Å². The molecular weight excluding hydrogens is 202 g/mol. The summed E-state index contributed by atoms with van der Waals surface area (Å²) in [5.74, 6) is 0. The lowest BCUT2D eigenvalue weighted by Gasteiger charge is -2.03. The van der Waals surface area contributed by atoms with Gasteiger partial charge in [0.05, 0.1) is 0 Å². The van der Waals surface area contributed by atoms with Gasteiger partial charge in [-0.05, 0) is 19.4 Å². The standard InChI is InChI=1S/C12H27NOSi/c1-3-5-7-8-9-10-11-13-15-14-12-6-4-2/h13H,3-12H2,1-2H3. The third kappa shape index (κ3) is 14.1. The summed E-state index contributed by atoms with van der Waals surface area (Å²) < 4.78 is 5.44. The van der Waals surface area contributed by atoms with Crippen LogP contribution in [0.25, 0.3) is 0 Å². The van der Waals surface area contributed by atoms with Gasteiger partial charge in [0, 0.05) is 6.61 Å². The molecule has 0 rings (SSSR count). The van der Waals surface area contributed by atoms with Gasteiger partial charge in [0.25, 0.3) is 0 Å². The molecule has 0 amide bonds. The molecule has 0 bridgehead atoms. The Morgan fingerprint density at radius 3 is 2.27 bits per heavy atom. The Morgan fingerprint density at radius 1 is 0.867 bits per heavy atom. The molecule has 0 aromatic heterocycles. The van der Waals surface area contributed by atoms with Gasteiger partial charge in [-0.3, -0.25) is 0 Å². The molecule has 0 heterocycles. The van der Waals surface area contributed by atoms with Crippen molar-refractivity contribution in [2.45, 2.75) is 65.2 Å². The molecule has 2 nitrogen and oxygen atoms in total. The highest BCUT2D eigenvalue weighted by Crippen LogP contribution is 2.03. The maximum absolute atomic E-state index is 5.44. The minimum absolute atomic E-state index is 0.504. The molecule has 3 heteroatoms. The first-order valence-electron chi connectivity index (χ1n) is 6.51. The zero-order chi connectivity index (χ0) is 11.2. The SMILES string of the molecule is CCCCCCCCN[Si]OCCCC. The Morgan fingerprint density at radius 2 is 1.53 bits per heavy atom. The molecule has 0 atom stereocenters. The molecule has 0 saturated carbocycles. The minimum atomic E-state index is 0.504. The van der Waals surface area contributed by atoms with Gasteiger partial charge in [-0.25, -0.2) is 0 Å². The summed E-state index contributed by atoms with van der Waals surface area (Å²) in [4.78, 5) is 3.34. The highest BCUT2D eigenvalue weighted by atomic mass is 28.2. The Hall–Kier alpha value is 0.137. The van der Waals surface area contributed by atoms with Crippen LogP contribution in [-0.4, -0.2) is 23.1 Å². The van der Waals surface area contributed by atoms with Crippen LogP contribution in [0.4, 0.5) is 0 Å². The van der Waals surface area contributed by atoms with Gasteiger partial charge >= 0.3 is 9.92 Å². The van der Waals surface area contributed by atoms with Gasteiger partial charge in [-0.2, -0.15) is 0 Å². The highest BCUT2D eigenvalue weighted by Gasteiger charge is 1.92. The molecule has 0 aliphatic heterocycles. The third-order valence-corrected chi connectivity index (χ3v) is 3.14. The monoisotopic (exact) mass is 229 g/mol. The maximum atomic E-state index is 5.44. The van der Waals surface area contributed by atoms with Crippen molar-refractivity contribution in [1.29, 1.82) is 0 Å². The van der Waals surface area contributed by atoms with Crippen molar-refractivity contribution in [2.75, 3.05) is 13.2 Å². The van der Waals surface area contributed by atoms with E-state index in [0.717, 1.165) is 13.2 Å². The molecule has 2 radical (unpaired) electrons. The van der Waals surface area contributed by atoms with Crippen molar-refractivity contribution in [3.05, 3.63) is 0 Å². The molecule has 0 spiro atoms. The zero-order valence-electron chi connectivity index (χ0n) is 10.5. The van der Waals surface area contributed by atoms with E-state index < -0.39 is 0 Å². The second-order valence-electron chi connectivity index (χ2n) is 4.00. The molecule has 0 unspecified atom stereocenters. The Labute approximate surface area is 98.2 Å². The lowest BCUT2D eigenvalue weighted by molar-refractivity contribution is 0.319. The minimum Gasteiger partial charge on any atom is -0.402 e. The third-order valence-electron chi connectivity index (χ3n) is 2.40. The average molecular weight is 229 g/mol. The first-order chi connectivity index (χ1) is 7.41. The number of hydrogen-bond donors (Lipinski definition) is 1. The fourth-order valence-corrected chi connectivity index (χ4v) is 1.99. The fraction of sp³-hybridized carbons (Fsp3) is 1.00. The largest absolute Gasteiger partial charge is 0.402 e. The zero-order valence-corrected chi connectivity index (χ0v) is 11.5. The normalized spacial score (nSPS) is 10.8. The van der Waals surface area contributed by atoms with Gasteiger partial charge in [-0.15, -0.1) is 0 Å².